The second kappa shape index (κ2) is 21.2. The molecule has 0 aliphatic heterocycles. The Bertz CT molecular complexity index is 500. The molecule has 2 aromatic carbocycles. The molecule has 0 nitrogen and oxygen atoms in total. The van der Waals surface area contributed by atoms with Crippen molar-refractivity contribution >= 4 is 9.52 Å². The van der Waals surface area contributed by atoms with Crippen molar-refractivity contribution in [2.45, 2.75) is 105 Å². The molecular formula is C26H45Cl2HfSi. The second-order valence-corrected chi connectivity index (χ2v) is 10.9. The first-order valence-corrected chi connectivity index (χ1v) is 12.6. The molecule has 2 aromatic rings. The first-order chi connectivity index (χ1) is 12.6. The van der Waals surface area contributed by atoms with Gasteiger partial charge in [-0.25, -0.2) is 12.1 Å². The van der Waals surface area contributed by atoms with Crippen LogP contribution in [0.25, 0.3) is 0 Å². The van der Waals surface area contributed by atoms with E-state index in [1.54, 1.807) is 0 Å². The third-order valence-corrected chi connectivity index (χ3v) is 6.00. The molecule has 0 saturated carbocycles. The number of hydrogen-bond donors (Lipinski definition) is 0. The Kier molecular flexibility index (Phi) is 26.7. The molecule has 0 heterocycles. The molecule has 0 aliphatic carbocycles. The molecule has 1 radical (unpaired) electrons. The van der Waals surface area contributed by atoms with Crippen LogP contribution < -0.4 is 24.8 Å². The molecule has 0 aromatic heterocycles. The predicted octanol–water partition coefficient (Wildman–Crippen LogP) is 2.61. The summed E-state index contributed by atoms with van der Waals surface area (Å²) < 4.78 is 0. The van der Waals surface area contributed by atoms with Crippen LogP contribution in [0, 0.1) is 0 Å². The summed E-state index contributed by atoms with van der Waals surface area (Å²) in [7, 11) is 0.815. The largest absolute Gasteiger partial charge is 4.00 e. The van der Waals surface area contributed by atoms with Gasteiger partial charge in [-0.3, -0.25) is 0 Å². The maximum atomic E-state index is 2.31. The van der Waals surface area contributed by atoms with Crippen LogP contribution in [-0.2, 0) is 25.8 Å². The van der Waals surface area contributed by atoms with Gasteiger partial charge >= 0.3 is 25.8 Å². The van der Waals surface area contributed by atoms with E-state index >= 15 is 0 Å². The van der Waals surface area contributed by atoms with Gasteiger partial charge in [-0.2, -0.15) is 46.5 Å². The molecule has 2 rings (SSSR count). The normalized spacial score (nSPS) is 9.80. The van der Waals surface area contributed by atoms with E-state index in [2.05, 4.69) is 106 Å². The van der Waals surface area contributed by atoms with E-state index in [9.17, 15) is 0 Å². The van der Waals surface area contributed by atoms with Crippen molar-refractivity contribution in [1.29, 1.82) is 0 Å². The summed E-state index contributed by atoms with van der Waals surface area (Å²) in [5, 5.41) is 0. The van der Waals surface area contributed by atoms with Crippen molar-refractivity contribution in [3.8, 4) is 0 Å². The molecule has 0 saturated heterocycles. The average molecular weight is 635 g/mol. The maximum Gasteiger partial charge on any atom is 4.00 e. The van der Waals surface area contributed by atoms with Crippen molar-refractivity contribution in [3.63, 3.8) is 0 Å². The van der Waals surface area contributed by atoms with Crippen LogP contribution in [0.1, 0.15) is 115 Å². The Morgan fingerprint density at radius 3 is 1.03 bits per heavy atom. The molecule has 0 atom stereocenters. The molecule has 0 aliphatic rings. The van der Waals surface area contributed by atoms with Crippen LogP contribution >= 0.6 is 0 Å². The topological polar surface area (TPSA) is 0 Å². The summed E-state index contributed by atoms with van der Waals surface area (Å²) in [5.41, 5.74) is 5.87. The summed E-state index contributed by atoms with van der Waals surface area (Å²) in [6.45, 7) is 22.4. The van der Waals surface area contributed by atoms with Crippen LogP contribution in [0.3, 0.4) is 0 Å². The molecular weight excluding hydrogens is 590 g/mol. The van der Waals surface area contributed by atoms with Gasteiger partial charge in [0.25, 0.3) is 0 Å². The van der Waals surface area contributed by atoms with E-state index in [0.29, 0.717) is 23.7 Å². The SMILES string of the molecule is CC(C)c1c[cH-]c(C(C)C)c1.CC(C)c1c[cH-]c(C(C)C)c1.CC[SiH]CC.[Cl-].[Cl-].[Hf+4]. The molecule has 0 fully saturated rings. The van der Waals surface area contributed by atoms with Gasteiger partial charge in [0.1, 0.15) is 0 Å². The van der Waals surface area contributed by atoms with Crippen LogP contribution in [0.2, 0.25) is 12.1 Å². The van der Waals surface area contributed by atoms with E-state index < -0.39 is 0 Å². The fraction of sp³-hybridized carbons (Fsp3) is 0.615. The molecule has 0 bridgehead atoms. The predicted molar refractivity (Wildman–Crippen MR) is 129 cm³/mol. The standard InChI is InChI=1S/2C11H17.C4H11Si.2ClH.Hf/c2*1-8(2)10-5-6-11(7-10)9(3)4;1-3-5-4-2;;;/h2*5-9H,1-4H3;5H,3-4H2,1-2H3;2*1H;/q2*-1;;;;+4/p-2. The van der Waals surface area contributed by atoms with Crippen LogP contribution in [0.5, 0.6) is 0 Å². The third kappa shape index (κ3) is 16.1. The van der Waals surface area contributed by atoms with Gasteiger partial charge in [0.05, 0.1) is 0 Å². The minimum atomic E-state index is 0. The Hall–Kier alpha value is 0.367. The quantitative estimate of drug-likeness (QED) is 0.339. The van der Waals surface area contributed by atoms with E-state index in [4.69, 9.17) is 0 Å². The molecule has 0 unspecified atom stereocenters. The number of halogens is 2. The van der Waals surface area contributed by atoms with Crippen molar-refractivity contribution < 1.29 is 50.7 Å². The van der Waals surface area contributed by atoms with Crippen molar-refractivity contribution in [3.05, 3.63) is 58.7 Å². The third-order valence-electron chi connectivity index (χ3n) is 4.85. The molecule has 30 heavy (non-hydrogen) atoms. The summed E-state index contributed by atoms with van der Waals surface area (Å²) in [5.74, 6) is 2.68. The molecule has 4 heteroatoms. The van der Waals surface area contributed by atoms with E-state index in [1.165, 1.54) is 34.3 Å². The summed E-state index contributed by atoms with van der Waals surface area (Å²) in [6, 6.07) is 16.4. The van der Waals surface area contributed by atoms with Crippen molar-refractivity contribution in [1.82, 2.24) is 0 Å². The van der Waals surface area contributed by atoms with Gasteiger partial charge in [-0.1, -0.05) is 93.2 Å². The van der Waals surface area contributed by atoms with Gasteiger partial charge in [-0.05, 0) is 11.8 Å². The molecule has 171 valence electrons. The van der Waals surface area contributed by atoms with Crippen LogP contribution in [0.15, 0.2) is 36.4 Å². The second-order valence-electron chi connectivity index (χ2n) is 8.68. The average Bonchev–Trinajstić information content (AvgIpc) is 3.27. The van der Waals surface area contributed by atoms with Crippen molar-refractivity contribution in [2.75, 3.05) is 0 Å². The minimum absolute atomic E-state index is 0. The fourth-order valence-corrected chi connectivity index (χ4v) is 3.26. The maximum absolute atomic E-state index is 2.31. The summed E-state index contributed by atoms with van der Waals surface area (Å²) in [4.78, 5) is 0. The molecule has 0 amide bonds. The van der Waals surface area contributed by atoms with Crippen LogP contribution in [0.4, 0.5) is 0 Å². The van der Waals surface area contributed by atoms with Gasteiger partial charge in [0.15, 0.2) is 0 Å². The number of hydrogen-bond acceptors (Lipinski definition) is 0. The van der Waals surface area contributed by atoms with Gasteiger partial charge in [0, 0.05) is 9.52 Å². The first kappa shape index (κ1) is 37.7. The van der Waals surface area contributed by atoms with Gasteiger partial charge < -0.3 is 24.8 Å². The molecule has 0 spiro atoms. The van der Waals surface area contributed by atoms with E-state index in [0.717, 1.165) is 9.52 Å². The Morgan fingerprint density at radius 2 is 0.933 bits per heavy atom. The fourth-order valence-electron chi connectivity index (χ4n) is 2.69. The van der Waals surface area contributed by atoms with Crippen LogP contribution in [-0.4, -0.2) is 9.52 Å². The van der Waals surface area contributed by atoms with Crippen molar-refractivity contribution in [2.24, 2.45) is 0 Å². The Labute approximate surface area is 222 Å². The van der Waals surface area contributed by atoms with E-state index in [1.807, 2.05) is 0 Å². The summed E-state index contributed by atoms with van der Waals surface area (Å²) >= 11 is 0. The Morgan fingerprint density at radius 1 is 0.633 bits per heavy atom. The summed E-state index contributed by atoms with van der Waals surface area (Å²) in [6.07, 6.45) is 0. The zero-order valence-corrected chi connectivity index (χ0v) is 27.3. The van der Waals surface area contributed by atoms with Gasteiger partial charge in [-0.15, -0.1) is 0 Å². The monoisotopic (exact) mass is 635 g/mol. The van der Waals surface area contributed by atoms with Gasteiger partial charge in [0.2, 0.25) is 0 Å². The Balaban J connectivity index is -0.000000171. The molecule has 0 N–H and O–H groups in total. The minimum Gasteiger partial charge on any atom is -1.00 e. The zero-order chi connectivity index (χ0) is 21.0. The zero-order valence-electron chi connectivity index (χ0n) is 21.0. The first-order valence-electron chi connectivity index (χ1n) is 11.0. The number of rotatable bonds is 6. The van der Waals surface area contributed by atoms with E-state index in [-0.39, 0.29) is 50.7 Å². The smallest absolute Gasteiger partial charge is 1.00 e.